The summed E-state index contributed by atoms with van der Waals surface area (Å²) in [5.41, 5.74) is 1.46. The molecule has 0 aliphatic heterocycles. The van der Waals surface area contributed by atoms with Gasteiger partial charge in [-0.2, -0.15) is 10.2 Å². The molecule has 0 aliphatic carbocycles. The fourth-order valence-corrected chi connectivity index (χ4v) is 2.89. The summed E-state index contributed by atoms with van der Waals surface area (Å²) in [6.07, 6.45) is 6.56. The van der Waals surface area contributed by atoms with Gasteiger partial charge in [0, 0.05) is 30.5 Å². The molecule has 2 heterocycles. The van der Waals surface area contributed by atoms with Crippen LogP contribution in [-0.2, 0) is 4.79 Å². The van der Waals surface area contributed by atoms with E-state index in [2.05, 4.69) is 15.5 Å². The van der Waals surface area contributed by atoms with Gasteiger partial charge in [-0.15, -0.1) is 0 Å². The molecule has 0 aliphatic rings. The second-order valence-corrected chi connectivity index (χ2v) is 5.91. The quantitative estimate of drug-likeness (QED) is 0.592. The van der Waals surface area contributed by atoms with Crippen LogP contribution in [-0.4, -0.2) is 25.5 Å². The highest BCUT2D eigenvalue weighted by atomic mass is 19.1. The van der Waals surface area contributed by atoms with Crippen molar-refractivity contribution in [1.29, 1.82) is 0 Å². The summed E-state index contributed by atoms with van der Waals surface area (Å²) in [5.74, 6) is -0.789. The van der Waals surface area contributed by atoms with Crippen molar-refractivity contribution in [3.63, 3.8) is 0 Å². The highest BCUT2D eigenvalue weighted by molar-refractivity contribution is 5.95. The maximum atomic E-state index is 14.4. The number of carbonyl (C=O) groups is 1. The molecular formula is C20H16FN5O. The van der Waals surface area contributed by atoms with Crippen molar-refractivity contribution >= 4 is 11.6 Å². The number of halogens is 1. The first kappa shape index (κ1) is 16.7. The predicted molar refractivity (Wildman–Crippen MR) is 99.0 cm³/mol. The third kappa shape index (κ3) is 3.48. The molecule has 2 aromatic carbocycles. The van der Waals surface area contributed by atoms with E-state index in [1.54, 1.807) is 53.7 Å². The molecule has 7 heteroatoms. The monoisotopic (exact) mass is 361 g/mol. The number of carbonyl (C=O) groups excluding carboxylic acids is 1. The van der Waals surface area contributed by atoms with E-state index in [0.29, 0.717) is 11.4 Å². The van der Waals surface area contributed by atoms with Gasteiger partial charge < -0.3 is 5.32 Å². The van der Waals surface area contributed by atoms with Crippen LogP contribution in [0, 0.1) is 5.82 Å². The van der Waals surface area contributed by atoms with Crippen LogP contribution in [0.4, 0.5) is 10.1 Å². The minimum atomic E-state index is -0.657. The molecule has 0 saturated heterocycles. The van der Waals surface area contributed by atoms with Gasteiger partial charge in [-0.3, -0.25) is 9.48 Å². The van der Waals surface area contributed by atoms with E-state index >= 15 is 0 Å². The zero-order chi connectivity index (χ0) is 18.6. The van der Waals surface area contributed by atoms with Crippen LogP contribution >= 0.6 is 0 Å². The zero-order valence-corrected chi connectivity index (χ0v) is 14.2. The highest BCUT2D eigenvalue weighted by Crippen LogP contribution is 2.22. The van der Waals surface area contributed by atoms with Crippen molar-refractivity contribution in [2.45, 2.75) is 6.04 Å². The summed E-state index contributed by atoms with van der Waals surface area (Å²) >= 11 is 0. The SMILES string of the molecule is O=C(Nc1ccc(-n2cccn2)c(F)c1)C(c1ccccc1)n1cccn1. The van der Waals surface area contributed by atoms with Crippen molar-refractivity contribution in [1.82, 2.24) is 19.6 Å². The molecule has 4 rings (SSSR count). The summed E-state index contributed by atoms with van der Waals surface area (Å²) < 4.78 is 17.4. The molecule has 1 unspecified atom stereocenters. The lowest BCUT2D eigenvalue weighted by molar-refractivity contribution is -0.118. The summed E-state index contributed by atoms with van der Waals surface area (Å²) in [4.78, 5) is 12.9. The van der Waals surface area contributed by atoms with Crippen LogP contribution in [0.1, 0.15) is 11.6 Å². The topological polar surface area (TPSA) is 64.7 Å². The Labute approximate surface area is 154 Å². The van der Waals surface area contributed by atoms with Crippen molar-refractivity contribution in [2.75, 3.05) is 5.32 Å². The molecule has 2 aromatic heterocycles. The van der Waals surface area contributed by atoms with E-state index in [-0.39, 0.29) is 5.91 Å². The Morgan fingerprint density at radius 3 is 2.41 bits per heavy atom. The number of nitrogens with zero attached hydrogens (tertiary/aromatic N) is 4. The van der Waals surface area contributed by atoms with Crippen LogP contribution < -0.4 is 5.32 Å². The number of benzene rings is 2. The van der Waals surface area contributed by atoms with Gasteiger partial charge >= 0.3 is 0 Å². The molecule has 134 valence electrons. The normalized spacial score (nSPS) is 11.9. The number of anilines is 1. The minimum absolute atomic E-state index is 0.309. The molecule has 6 nitrogen and oxygen atoms in total. The Morgan fingerprint density at radius 2 is 1.74 bits per heavy atom. The maximum absolute atomic E-state index is 14.4. The molecule has 0 bridgehead atoms. The predicted octanol–water partition coefficient (Wildman–Crippen LogP) is 3.44. The van der Waals surface area contributed by atoms with Crippen LogP contribution in [0.3, 0.4) is 0 Å². The second kappa shape index (κ2) is 7.25. The Bertz CT molecular complexity index is 1030. The Kier molecular flexibility index (Phi) is 4.49. The Balaban J connectivity index is 1.61. The van der Waals surface area contributed by atoms with Gasteiger partial charge in [0.2, 0.25) is 0 Å². The second-order valence-electron chi connectivity index (χ2n) is 5.91. The minimum Gasteiger partial charge on any atom is -0.324 e. The van der Waals surface area contributed by atoms with E-state index < -0.39 is 11.9 Å². The first-order valence-corrected chi connectivity index (χ1v) is 8.37. The van der Waals surface area contributed by atoms with Gasteiger partial charge in [-0.1, -0.05) is 30.3 Å². The number of hydrogen-bond acceptors (Lipinski definition) is 3. The average molecular weight is 361 g/mol. The number of amides is 1. The number of nitrogens with one attached hydrogen (secondary N) is 1. The summed E-state index contributed by atoms with van der Waals surface area (Å²) in [6, 6.07) is 16.6. The molecule has 0 saturated carbocycles. The van der Waals surface area contributed by atoms with Crippen LogP contribution in [0.15, 0.2) is 85.5 Å². The first-order chi connectivity index (χ1) is 13.2. The van der Waals surface area contributed by atoms with Crippen molar-refractivity contribution in [3.8, 4) is 5.69 Å². The summed E-state index contributed by atoms with van der Waals surface area (Å²) in [5, 5.41) is 11.0. The Morgan fingerprint density at radius 1 is 0.963 bits per heavy atom. The van der Waals surface area contributed by atoms with Crippen LogP contribution in [0.5, 0.6) is 0 Å². The van der Waals surface area contributed by atoms with E-state index in [1.165, 1.54) is 10.7 Å². The van der Waals surface area contributed by atoms with E-state index in [9.17, 15) is 9.18 Å². The molecule has 4 aromatic rings. The molecular weight excluding hydrogens is 345 g/mol. The van der Waals surface area contributed by atoms with Gasteiger partial charge in [0.05, 0.1) is 0 Å². The average Bonchev–Trinajstić information content (AvgIpc) is 3.37. The van der Waals surface area contributed by atoms with E-state index in [1.807, 2.05) is 30.3 Å². The van der Waals surface area contributed by atoms with Crippen LogP contribution in [0.2, 0.25) is 0 Å². The van der Waals surface area contributed by atoms with Gasteiger partial charge in [0.15, 0.2) is 11.9 Å². The largest absolute Gasteiger partial charge is 0.324 e. The third-order valence-electron chi connectivity index (χ3n) is 4.12. The number of aromatic nitrogens is 4. The lowest BCUT2D eigenvalue weighted by atomic mass is 10.1. The van der Waals surface area contributed by atoms with Crippen molar-refractivity contribution < 1.29 is 9.18 Å². The lowest BCUT2D eigenvalue weighted by Gasteiger charge is -2.18. The smallest absolute Gasteiger partial charge is 0.253 e. The van der Waals surface area contributed by atoms with Gasteiger partial charge in [-0.05, 0) is 35.9 Å². The van der Waals surface area contributed by atoms with E-state index in [4.69, 9.17) is 0 Å². The number of hydrogen-bond donors (Lipinski definition) is 1. The van der Waals surface area contributed by atoms with Gasteiger partial charge in [0.1, 0.15) is 5.69 Å². The Hall–Kier alpha value is -3.74. The molecule has 1 atom stereocenters. The zero-order valence-electron chi connectivity index (χ0n) is 14.2. The van der Waals surface area contributed by atoms with E-state index in [0.717, 1.165) is 5.56 Å². The number of rotatable bonds is 5. The molecule has 1 N–H and O–H groups in total. The standard InChI is InChI=1S/C20H16FN5O/c21-17-14-16(8-9-18(17)25-12-4-10-22-25)24-20(27)19(26-13-5-11-23-26)15-6-2-1-3-7-15/h1-14,19H,(H,24,27). The fourth-order valence-electron chi connectivity index (χ4n) is 2.89. The lowest BCUT2D eigenvalue weighted by Crippen LogP contribution is -2.27. The molecule has 0 radical (unpaired) electrons. The van der Waals surface area contributed by atoms with Gasteiger partial charge in [-0.25, -0.2) is 9.07 Å². The maximum Gasteiger partial charge on any atom is 0.253 e. The molecule has 27 heavy (non-hydrogen) atoms. The molecule has 0 spiro atoms. The van der Waals surface area contributed by atoms with Crippen LogP contribution in [0.25, 0.3) is 5.69 Å². The third-order valence-corrected chi connectivity index (χ3v) is 4.12. The first-order valence-electron chi connectivity index (χ1n) is 8.37. The van der Waals surface area contributed by atoms with Crippen molar-refractivity contribution in [2.24, 2.45) is 0 Å². The molecule has 1 amide bonds. The van der Waals surface area contributed by atoms with Crippen molar-refractivity contribution in [3.05, 3.63) is 96.8 Å². The highest BCUT2D eigenvalue weighted by Gasteiger charge is 2.23. The summed E-state index contributed by atoms with van der Waals surface area (Å²) in [6.45, 7) is 0. The fraction of sp³-hybridized carbons (Fsp3) is 0.0500. The molecule has 0 fully saturated rings. The van der Waals surface area contributed by atoms with Gasteiger partial charge in [0.25, 0.3) is 5.91 Å². The summed E-state index contributed by atoms with van der Waals surface area (Å²) in [7, 11) is 0.